The monoisotopic (exact) mass is 90.1 g/mol. The minimum atomic E-state index is 0.910. The molecule has 3 saturated carbocycles. The molecule has 3 fully saturated rings. The minimum absolute atomic E-state index is 0.910. The molecule has 0 N–H and O–H groups in total. The molecular formula is C5H8B2. The van der Waals surface area contributed by atoms with Crippen LogP contribution in [0.1, 0.15) is 6.42 Å². The maximum absolute atomic E-state index is 2.45. The first-order valence-electron chi connectivity index (χ1n) is 3.24. The largest absolute Gasteiger partial charge is 0.110 e. The number of rotatable bonds is 0. The van der Waals surface area contributed by atoms with Crippen molar-refractivity contribution in [2.24, 2.45) is 11.3 Å². The van der Waals surface area contributed by atoms with Gasteiger partial charge in [-0.2, -0.15) is 0 Å². The first-order chi connectivity index (χ1) is 3.24. The molecule has 0 bridgehead atoms. The van der Waals surface area contributed by atoms with Crippen molar-refractivity contribution in [1.29, 1.82) is 0 Å². The fourth-order valence-corrected chi connectivity index (χ4v) is 3.11. The van der Waals surface area contributed by atoms with E-state index in [2.05, 4.69) is 15.7 Å². The van der Waals surface area contributed by atoms with Gasteiger partial charge in [-0.25, -0.2) is 0 Å². The van der Waals surface area contributed by atoms with E-state index in [-0.39, 0.29) is 0 Å². The summed E-state index contributed by atoms with van der Waals surface area (Å²) >= 11 is 0. The lowest BCUT2D eigenvalue weighted by molar-refractivity contribution is 0.853. The molecule has 3 aliphatic rings. The van der Waals surface area contributed by atoms with Crippen molar-refractivity contribution in [2.75, 3.05) is 0 Å². The summed E-state index contributed by atoms with van der Waals surface area (Å²) in [5.74, 6) is 2.33. The molecular weight excluding hydrogens is 81.7 g/mol. The van der Waals surface area contributed by atoms with Crippen LogP contribution < -0.4 is 0 Å². The molecule has 3 rings (SSSR count). The highest BCUT2D eigenvalue weighted by molar-refractivity contribution is 6.36. The van der Waals surface area contributed by atoms with Gasteiger partial charge in [0.1, 0.15) is 15.7 Å². The lowest BCUT2D eigenvalue weighted by Crippen LogP contribution is -1.88. The number of hydrogen-bond acceptors (Lipinski definition) is 0. The summed E-state index contributed by atoms with van der Waals surface area (Å²) in [5.41, 5.74) is 0.979. The van der Waals surface area contributed by atoms with Crippen LogP contribution in [-0.4, -0.2) is 15.7 Å². The Morgan fingerprint density at radius 3 is 2.14 bits per heavy atom. The van der Waals surface area contributed by atoms with E-state index in [1.807, 2.05) is 0 Å². The molecule has 0 aromatic carbocycles. The molecule has 7 heavy (non-hydrogen) atoms. The van der Waals surface area contributed by atoms with Crippen LogP contribution in [0.3, 0.4) is 0 Å². The van der Waals surface area contributed by atoms with Crippen molar-refractivity contribution >= 4 is 15.7 Å². The van der Waals surface area contributed by atoms with E-state index in [1.54, 1.807) is 6.42 Å². The van der Waals surface area contributed by atoms with Gasteiger partial charge in [0.05, 0.1) is 0 Å². The number of hydrogen-bond donors (Lipinski definition) is 0. The first-order valence-corrected chi connectivity index (χ1v) is 3.24. The lowest BCUT2D eigenvalue weighted by Gasteiger charge is -1.96. The Morgan fingerprint density at radius 2 is 2.14 bits per heavy atom. The normalized spacial score (nSPS) is 89.7. The van der Waals surface area contributed by atoms with E-state index in [4.69, 9.17) is 0 Å². The molecule has 2 heteroatoms. The third-order valence-corrected chi connectivity index (χ3v) is 4.24. The predicted octanol–water partition coefficient (Wildman–Crippen LogP) is -0.767. The molecule has 0 radical (unpaired) electrons. The van der Waals surface area contributed by atoms with E-state index < -0.39 is 0 Å². The van der Waals surface area contributed by atoms with Crippen molar-refractivity contribution in [2.45, 2.75) is 17.6 Å². The molecule has 0 saturated heterocycles. The molecule has 0 aromatic heterocycles. The second-order valence-corrected chi connectivity index (χ2v) is 3.80. The van der Waals surface area contributed by atoms with Gasteiger partial charge in [0.25, 0.3) is 0 Å². The van der Waals surface area contributed by atoms with Crippen molar-refractivity contribution < 1.29 is 0 Å². The van der Waals surface area contributed by atoms with Crippen LogP contribution in [0.4, 0.5) is 0 Å². The molecule has 0 aliphatic heterocycles. The molecule has 0 nitrogen and oxygen atoms in total. The highest BCUT2D eigenvalue weighted by Crippen LogP contribution is 3.14. The smallest absolute Gasteiger partial charge is 0.0648 e. The van der Waals surface area contributed by atoms with Crippen molar-refractivity contribution in [3.8, 4) is 0 Å². The van der Waals surface area contributed by atoms with Gasteiger partial charge in [0.15, 0.2) is 0 Å². The summed E-state index contributed by atoms with van der Waals surface area (Å²) in [6.45, 7) is 0. The Bertz CT molecular complexity index is 157. The third kappa shape index (κ3) is 0.101. The Hall–Kier alpha value is 0.130. The van der Waals surface area contributed by atoms with Gasteiger partial charge in [0, 0.05) is 0 Å². The molecule has 4 atom stereocenters. The van der Waals surface area contributed by atoms with Crippen molar-refractivity contribution in [3.05, 3.63) is 0 Å². The minimum Gasteiger partial charge on any atom is -0.0648 e. The fraction of sp³-hybridized carbons (Fsp3) is 1.00. The van der Waals surface area contributed by atoms with Crippen LogP contribution in [0.25, 0.3) is 0 Å². The fourth-order valence-electron chi connectivity index (χ4n) is 3.11. The van der Waals surface area contributed by atoms with E-state index in [0.29, 0.717) is 0 Å². The molecule has 3 aliphatic carbocycles. The first kappa shape index (κ1) is 3.21. The molecule has 0 amide bonds. The van der Waals surface area contributed by atoms with Gasteiger partial charge in [-0.05, 0) is 17.8 Å². The highest BCUT2D eigenvalue weighted by atomic mass is 15.0. The van der Waals surface area contributed by atoms with E-state index in [1.165, 1.54) is 5.92 Å². The maximum Gasteiger partial charge on any atom is 0.110 e. The van der Waals surface area contributed by atoms with E-state index in [9.17, 15) is 0 Å². The summed E-state index contributed by atoms with van der Waals surface area (Å²) in [7, 11) is 4.86. The quantitative estimate of drug-likeness (QED) is 0.342. The Kier molecular flexibility index (Phi) is 0.202. The summed E-state index contributed by atoms with van der Waals surface area (Å²) in [6.07, 6.45) is 1.59. The van der Waals surface area contributed by atoms with Crippen LogP contribution in [-0.2, 0) is 0 Å². The van der Waals surface area contributed by atoms with E-state index in [0.717, 1.165) is 16.5 Å². The topological polar surface area (TPSA) is 0 Å². The van der Waals surface area contributed by atoms with Gasteiger partial charge in [0.2, 0.25) is 0 Å². The summed E-state index contributed by atoms with van der Waals surface area (Å²) in [4.78, 5) is 0. The predicted molar refractivity (Wildman–Crippen MR) is 34.1 cm³/mol. The average molecular weight is 89.7 g/mol. The molecule has 1 spiro atoms. The Balaban J connectivity index is 2.17. The van der Waals surface area contributed by atoms with Crippen molar-refractivity contribution in [3.63, 3.8) is 0 Å². The molecule has 34 valence electrons. The lowest BCUT2D eigenvalue weighted by atomic mass is 9.75. The summed E-state index contributed by atoms with van der Waals surface area (Å²) in [6, 6.07) is 0. The maximum atomic E-state index is 2.45. The van der Waals surface area contributed by atoms with Crippen molar-refractivity contribution in [1.82, 2.24) is 0 Å². The van der Waals surface area contributed by atoms with Crippen LogP contribution in [0.5, 0.6) is 0 Å². The zero-order valence-electron chi connectivity index (χ0n) is 4.86. The van der Waals surface area contributed by atoms with Crippen LogP contribution in [0, 0.1) is 11.3 Å². The molecule has 0 aromatic rings. The van der Waals surface area contributed by atoms with Gasteiger partial charge in [-0.3, -0.25) is 0 Å². The zero-order chi connectivity index (χ0) is 4.86. The van der Waals surface area contributed by atoms with Crippen LogP contribution in [0.2, 0.25) is 11.1 Å². The Morgan fingerprint density at radius 1 is 1.57 bits per heavy atom. The van der Waals surface area contributed by atoms with Gasteiger partial charge >= 0.3 is 0 Å². The number of fused-ring (bicyclic) bond motifs is 1. The summed E-state index contributed by atoms with van der Waals surface area (Å²) in [5, 5.41) is 0.910. The SMILES string of the molecule is B[C@@H]1C23CC2[C@@]13B. The van der Waals surface area contributed by atoms with Crippen LogP contribution >= 0.6 is 0 Å². The molecule has 0 heterocycles. The Labute approximate surface area is 45.5 Å². The standard InChI is InChI=1S/C5H8B2/c6-3-4-1-2(4)5(3,4)7/h2-3H,1,6-7H2/t2?,3-,4?,5-/m1/s1. The second-order valence-electron chi connectivity index (χ2n) is 3.80. The highest BCUT2D eigenvalue weighted by Gasteiger charge is 3.02. The second kappa shape index (κ2) is 0.441. The zero-order valence-corrected chi connectivity index (χ0v) is 4.86. The van der Waals surface area contributed by atoms with Gasteiger partial charge in [-0.1, -0.05) is 11.1 Å². The van der Waals surface area contributed by atoms with Gasteiger partial charge in [-0.15, -0.1) is 0 Å². The van der Waals surface area contributed by atoms with Gasteiger partial charge < -0.3 is 0 Å². The molecule has 2 unspecified atom stereocenters. The average Bonchev–Trinajstić information content (AvgIpc) is 2.49. The third-order valence-electron chi connectivity index (χ3n) is 4.24. The van der Waals surface area contributed by atoms with E-state index >= 15 is 0 Å². The van der Waals surface area contributed by atoms with Crippen LogP contribution in [0.15, 0.2) is 0 Å². The summed E-state index contributed by atoms with van der Waals surface area (Å²) < 4.78 is 0.